The molecule has 0 aromatic carbocycles. The number of halogens is 6. The van der Waals surface area contributed by atoms with Crippen LogP contribution in [-0.4, -0.2) is 16.0 Å². The van der Waals surface area contributed by atoms with Crippen molar-refractivity contribution in [3.05, 3.63) is 0 Å². The Morgan fingerprint density at radius 1 is 0.857 bits per heavy atom. The monoisotopic (exact) mass is 267 g/mol. The van der Waals surface area contributed by atoms with E-state index < -0.39 is 16.0 Å². The molecule has 0 rings (SSSR count). The molecule has 0 aromatic heterocycles. The molecule has 7 heteroatoms. The van der Waals surface area contributed by atoms with Crippen LogP contribution in [0.4, 0.5) is 11.3 Å². The molecule has 0 spiro atoms. The van der Waals surface area contributed by atoms with Crippen LogP contribution in [0, 0.1) is 0 Å². The second kappa shape index (κ2) is 1.03. The fourth-order valence-electron chi connectivity index (χ4n) is 0. The maximum absolute atomic E-state index is 10.8. The summed E-state index contributed by atoms with van der Waals surface area (Å²) >= 11 is -9.31. The van der Waals surface area contributed by atoms with Gasteiger partial charge in [-0.1, -0.05) is 0 Å². The third-order valence-electron chi connectivity index (χ3n) is 0. The van der Waals surface area contributed by atoms with E-state index in [1.54, 1.807) is 0 Å². The summed E-state index contributed by atoms with van der Waals surface area (Å²) in [6, 6.07) is 0. The van der Waals surface area contributed by atoms with Crippen molar-refractivity contribution in [1.82, 2.24) is 0 Å². The second-order valence-electron chi connectivity index (χ2n) is 0.958. The van der Waals surface area contributed by atoms with Crippen molar-refractivity contribution in [1.29, 1.82) is 0 Å². The van der Waals surface area contributed by atoms with Crippen molar-refractivity contribution in [2.45, 2.75) is 0 Å². The van der Waals surface area contributed by atoms with Gasteiger partial charge in [0.15, 0.2) is 0 Å². The van der Waals surface area contributed by atoms with E-state index in [9.17, 15) is 11.3 Å². The van der Waals surface area contributed by atoms with Gasteiger partial charge in [-0.25, -0.2) is 0 Å². The molecule has 0 unspecified atom stereocenters. The molecule has 0 aliphatic rings. The summed E-state index contributed by atoms with van der Waals surface area (Å²) in [5.74, 6) is 0. The van der Waals surface area contributed by atoms with Gasteiger partial charge < -0.3 is 0 Å². The van der Waals surface area contributed by atoms with Crippen LogP contribution >= 0.6 is 17.7 Å². The van der Waals surface area contributed by atoms with Gasteiger partial charge in [0, 0.05) is 0 Å². The fourth-order valence-corrected chi connectivity index (χ4v) is 0. The van der Waals surface area contributed by atoms with Crippen LogP contribution < -0.4 is 0 Å². The van der Waals surface area contributed by atoms with Gasteiger partial charge in [-0.15, -0.1) is 0 Å². The van der Waals surface area contributed by atoms with Crippen LogP contribution in [0.3, 0.4) is 0 Å². The molecule has 0 aliphatic carbocycles. The summed E-state index contributed by atoms with van der Waals surface area (Å²) in [4.78, 5) is 0. The fraction of sp³-hybridized carbons (Fsp3) is 0. The Labute approximate surface area is 45.0 Å². The molecule has 7 heavy (non-hydrogen) atoms. The van der Waals surface area contributed by atoms with Gasteiger partial charge >= 0.3 is 44.9 Å². The molecule has 0 radical (unpaired) electrons. The average molecular weight is 269 g/mol. The Morgan fingerprint density at radius 2 is 0.857 bits per heavy atom. The molecule has 0 amide bonds. The molecular formula is Cl2F4Sb-. The summed E-state index contributed by atoms with van der Waals surface area (Å²) in [5.41, 5.74) is 0. The van der Waals surface area contributed by atoms with Crippen molar-refractivity contribution in [3.8, 4) is 0 Å². The molecule has 0 saturated carbocycles. The maximum atomic E-state index is 10.8. The van der Waals surface area contributed by atoms with Crippen molar-refractivity contribution >= 4 is 33.7 Å². The first-order valence-electron chi connectivity index (χ1n) is 1.01. The van der Waals surface area contributed by atoms with E-state index in [-0.39, 0.29) is 0 Å². The molecule has 0 N–H and O–H groups in total. The van der Waals surface area contributed by atoms with Crippen molar-refractivity contribution in [3.63, 3.8) is 0 Å². The Morgan fingerprint density at radius 3 is 0.857 bits per heavy atom. The van der Waals surface area contributed by atoms with Crippen LogP contribution in [0.2, 0.25) is 0 Å². The van der Waals surface area contributed by atoms with Gasteiger partial charge in [-0.05, 0) is 0 Å². The Hall–Kier alpha value is 1.12. The summed E-state index contributed by atoms with van der Waals surface area (Å²) in [6.45, 7) is 0. The standard InChI is InChI=1S/2ClH.4FH.Sb/h6*1H;/q;;;;;;+5/p-6. The quantitative estimate of drug-likeness (QED) is 0.468. The topological polar surface area (TPSA) is 0 Å². The van der Waals surface area contributed by atoms with E-state index >= 15 is 0 Å². The first kappa shape index (κ1) is 8.12. The predicted octanol–water partition coefficient (Wildman–Crippen LogP) is 2.68. The molecule has 48 valence electrons. The number of hydrogen-bond donors (Lipinski definition) is 0. The zero-order valence-electron chi connectivity index (χ0n) is 2.72. The molecular weight excluding hydrogens is 269 g/mol. The van der Waals surface area contributed by atoms with Gasteiger partial charge in [0.2, 0.25) is 0 Å². The average Bonchev–Trinajstić information content (AvgIpc) is 0.592. The second-order valence-corrected chi connectivity index (χ2v) is 16.7. The predicted molar refractivity (Wildman–Crippen MR) is 21.9 cm³/mol. The number of rotatable bonds is 0. The van der Waals surface area contributed by atoms with Gasteiger partial charge in [0.25, 0.3) is 0 Å². The normalized spacial score (nSPS) is 23.1. The number of hydrogen-bond acceptors (Lipinski definition) is 0. The van der Waals surface area contributed by atoms with E-state index in [4.69, 9.17) is 0 Å². The van der Waals surface area contributed by atoms with Gasteiger partial charge in [-0.3, -0.25) is 0 Å². The zero-order chi connectivity index (χ0) is 6.41. The molecule has 0 heterocycles. The minimum absolute atomic E-state index is 3.34. The van der Waals surface area contributed by atoms with Gasteiger partial charge in [-0.2, -0.15) is 0 Å². The Balaban J connectivity index is 4.43. The summed E-state index contributed by atoms with van der Waals surface area (Å²) < 4.78 is 43.2. The van der Waals surface area contributed by atoms with Crippen LogP contribution in [0.15, 0.2) is 0 Å². The van der Waals surface area contributed by atoms with Crippen molar-refractivity contribution < 1.29 is 11.3 Å². The molecule has 0 fully saturated rings. The molecule has 0 nitrogen and oxygen atoms in total. The van der Waals surface area contributed by atoms with Crippen LogP contribution in [-0.2, 0) is 0 Å². The minimum atomic E-state index is -9.31. The Bertz CT molecular complexity index is 68.3. The van der Waals surface area contributed by atoms with E-state index in [0.717, 1.165) is 0 Å². The first-order valence-corrected chi connectivity index (χ1v) is 11.3. The molecule has 0 saturated heterocycles. The van der Waals surface area contributed by atoms with Crippen LogP contribution in [0.25, 0.3) is 0 Å². The van der Waals surface area contributed by atoms with Gasteiger partial charge in [0.05, 0.1) is 0 Å². The molecule has 0 aromatic rings. The van der Waals surface area contributed by atoms with E-state index in [1.807, 2.05) is 0 Å². The third kappa shape index (κ3) is 149. The van der Waals surface area contributed by atoms with Crippen molar-refractivity contribution in [2.24, 2.45) is 0 Å². The van der Waals surface area contributed by atoms with Crippen molar-refractivity contribution in [2.75, 3.05) is 0 Å². The molecule has 0 bridgehead atoms. The molecule has 0 aliphatic heterocycles. The SMILES string of the molecule is [F][Sb-]([F])([F])([F])([Cl])[Cl]. The zero-order valence-corrected chi connectivity index (χ0v) is 6.78. The van der Waals surface area contributed by atoms with E-state index in [1.165, 1.54) is 0 Å². The van der Waals surface area contributed by atoms with E-state index in [0.29, 0.717) is 0 Å². The summed E-state index contributed by atoms with van der Waals surface area (Å²) in [7, 11) is 6.67. The third-order valence-corrected chi connectivity index (χ3v) is 0. The molecule has 0 atom stereocenters. The van der Waals surface area contributed by atoms with Crippen LogP contribution in [0.5, 0.6) is 0 Å². The first-order chi connectivity index (χ1) is 2.45. The summed E-state index contributed by atoms with van der Waals surface area (Å²) in [5, 5.41) is 0. The van der Waals surface area contributed by atoms with Gasteiger partial charge in [0.1, 0.15) is 0 Å². The summed E-state index contributed by atoms with van der Waals surface area (Å²) in [6.07, 6.45) is 0. The van der Waals surface area contributed by atoms with E-state index in [2.05, 4.69) is 17.7 Å². The Kier molecular flexibility index (Phi) is 1.19. The van der Waals surface area contributed by atoms with Crippen LogP contribution in [0.1, 0.15) is 0 Å².